The maximum absolute atomic E-state index is 13.2. The van der Waals surface area contributed by atoms with Crippen LogP contribution < -0.4 is 5.73 Å². The van der Waals surface area contributed by atoms with E-state index in [2.05, 4.69) is 0 Å². The Hall–Kier alpha value is -0.900. The van der Waals surface area contributed by atoms with Crippen molar-refractivity contribution in [3.8, 4) is 0 Å². The molecule has 10 heteroatoms. The van der Waals surface area contributed by atoms with Crippen molar-refractivity contribution < 1.29 is 21.2 Å². The Balaban J connectivity index is 3.14. The highest BCUT2D eigenvalue weighted by Crippen LogP contribution is 2.28. The van der Waals surface area contributed by atoms with E-state index in [1.165, 1.54) is 7.05 Å². The summed E-state index contributed by atoms with van der Waals surface area (Å²) in [6.07, 6.45) is 0.996. The van der Waals surface area contributed by atoms with Crippen LogP contribution in [0, 0.1) is 5.82 Å². The first kappa shape index (κ1) is 17.2. The van der Waals surface area contributed by atoms with Gasteiger partial charge in [-0.3, -0.25) is 0 Å². The summed E-state index contributed by atoms with van der Waals surface area (Å²) in [5, 5.41) is -0.317. The highest BCUT2D eigenvalue weighted by Gasteiger charge is 2.25. The fourth-order valence-corrected chi connectivity index (χ4v) is 3.74. The van der Waals surface area contributed by atoms with Gasteiger partial charge in [0.1, 0.15) is 20.5 Å². The van der Waals surface area contributed by atoms with E-state index >= 15 is 0 Å². The van der Waals surface area contributed by atoms with Crippen LogP contribution in [0.25, 0.3) is 0 Å². The smallest absolute Gasteiger partial charge is 0.244 e. The Bertz CT molecular complexity index is 719. The minimum atomic E-state index is -4.04. The fourth-order valence-electron chi connectivity index (χ4n) is 1.32. The number of hydrogen-bond acceptors (Lipinski definition) is 5. The van der Waals surface area contributed by atoms with Gasteiger partial charge in [-0.1, -0.05) is 11.6 Å². The Kier molecular flexibility index (Phi) is 5.01. The molecule has 0 aliphatic rings. The second-order valence-corrected chi connectivity index (χ2v) is 8.94. The van der Waals surface area contributed by atoms with Gasteiger partial charge in [-0.05, 0) is 12.1 Å². The van der Waals surface area contributed by atoms with E-state index in [-0.39, 0.29) is 27.9 Å². The van der Waals surface area contributed by atoms with Crippen molar-refractivity contribution >= 4 is 37.1 Å². The number of sulfone groups is 1. The molecule has 1 aromatic rings. The molecule has 6 nitrogen and oxygen atoms in total. The lowest BCUT2D eigenvalue weighted by Crippen LogP contribution is -2.31. The minimum Gasteiger partial charge on any atom is -0.396 e. The number of nitrogen functional groups attached to an aromatic ring is 1. The minimum absolute atomic E-state index is 0.241. The van der Waals surface area contributed by atoms with E-state index < -0.39 is 25.7 Å². The number of rotatable bonds is 5. The predicted octanol–water partition coefficient (Wildman–Crippen LogP) is 0.726. The molecular weight excluding hydrogens is 331 g/mol. The van der Waals surface area contributed by atoms with Crippen LogP contribution in [-0.2, 0) is 19.9 Å². The largest absolute Gasteiger partial charge is 0.396 e. The monoisotopic (exact) mass is 344 g/mol. The number of halogens is 2. The second kappa shape index (κ2) is 5.84. The quantitative estimate of drug-likeness (QED) is 0.794. The van der Waals surface area contributed by atoms with Crippen molar-refractivity contribution in [2.24, 2.45) is 0 Å². The van der Waals surface area contributed by atoms with Gasteiger partial charge in [0, 0.05) is 19.8 Å². The van der Waals surface area contributed by atoms with Crippen molar-refractivity contribution in [2.75, 3.05) is 31.3 Å². The van der Waals surface area contributed by atoms with Gasteiger partial charge in [0.15, 0.2) is 0 Å². The van der Waals surface area contributed by atoms with Gasteiger partial charge in [0.25, 0.3) is 0 Å². The topological polar surface area (TPSA) is 97.5 Å². The number of sulfonamides is 1. The molecule has 0 aliphatic carbocycles. The van der Waals surface area contributed by atoms with Gasteiger partial charge >= 0.3 is 0 Å². The Morgan fingerprint density at radius 1 is 1.30 bits per heavy atom. The van der Waals surface area contributed by atoms with Crippen LogP contribution in [0.1, 0.15) is 0 Å². The van der Waals surface area contributed by atoms with Gasteiger partial charge in [-0.2, -0.15) is 4.31 Å². The summed E-state index contributed by atoms with van der Waals surface area (Å²) in [4.78, 5) is -0.367. The number of benzene rings is 1. The van der Waals surface area contributed by atoms with Gasteiger partial charge in [-0.15, -0.1) is 0 Å². The van der Waals surface area contributed by atoms with Gasteiger partial charge in [0.2, 0.25) is 10.0 Å². The Labute approximate surface area is 122 Å². The highest BCUT2D eigenvalue weighted by atomic mass is 35.5. The first-order valence-electron chi connectivity index (χ1n) is 5.34. The lowest BCUT2D eigenvalue weighted by Gasteiger charge is -2.18. The molecule has 0 saturated heterocycles. The molecule has 0 saturated carbocycles. The van der Waals surface area contributed by atoms with Gasteiger partial charge in [0.05, 0.1) is 16.5 Å². The van der Waals surface area contributed by atoms with Crippen molar-refractivity contribution in [1.82, 2.24) is 4.31 Å². The molecule has 0 bridgehead atoms. The van der Waals surface area contributed by atoms with E-state index in [1.54, 1.807) is 0 Å². The summed E-state index contributed by atoms with van der Waals surface area (Å²) in [6, 6.07) is 1.71. The van der Waals surface area contributed by atoms with Crippen LogP contribution in [-0.4, -0.2) is 46.7 Å². The Morgan fingerprint density at radius 2 is 1.85 bits per heavy atom. The summed E-state index contributed by atoms with van der Waals surface area (Å²) in [5.41, 5.74) is 4.96. The number of nitrogens with two attached hydrogens (primary N) is 1. The molecule has 0 aromatic heterocycles. The maximum Gasteiger partial charge on any atom is 0.244 e. The SMILES string of the molecule is CN(CCS(C)(=O)=O)S(=O)(=O)c1cc(N)c(F)cc1Cl. The van der Waals surface area contributed by atoms with E-state index in [9.17, 15) is 21.2 Å². The highest BCUT2D eigenvalue weighted by molar-refractivity contribution is 7.91. The zero-order valence-corrected chi connectivity index (χ0v) is 13.2. The first-order chi connectivity index (χ1) is 8.95. The lowest BCUT2D eigenvalue weighted by atomic mass is 10.3. The van der Waals surface area contributed by atoms with Crippen LogP contribution in [0.3, 0.4) is 0 Å². The van der Waals surface area contributed by atoms with Crippen molar-refractivity contribution in [3.05, 3.63) is 23.0 Å². The normalized spacial score (nSPS) is 12.8. The van der Waals surface area contributed by atoms with Gasteiger partial charge in [-0.25, -0.2) is 21.2 Å². The zero-order valence-electron chi connectivity index (χ0n) is 10.8. The molecule has 0 unspecified atom stereocenters. The summed E-state index contributed by atoms with van der Waals surface area (Å²) in [7, 11) is -6.15. The zero-order chi connectivity index (χ0) is 15.7. The molecule has 0 aliphatic heterocycles. The third-order valence-electron chi connectivity index (χ3n) is 2.52. The average molecular weight is 345 g/mol. The van der Waals surface area contributed by atoms with Crippen LogP contribution in [0.15, 0.2) is 17.0 Å². The number of hydrogen-bond donors (Lipinski definition) is 1. The maximum atomic E-state index is 13.2. The summed E-state index contributed by atoms with van der Waals surface area (Å²) in [6.45, 7) is -0.241. The van der Waals surface area contributed by atoms with Gasteiger partial charge < -0.3 is 5.73 Å². The molecule has 2 N–H and O–H groups in total. The standard InChI is InChI=1S/C10H14ClFN2O4S2/c1-14(3-4-19(2,15)16)20(17,18)10-6-9(13)8(12)5-7(10)11/h5-6H,3-4,13H2,1-2H3. The molecule has 20 heavy (non-hydrogen) atoms. The molecule has 0 amide bonds. The molecule has 0 heterocycles. The number of nitrogens with zero attached hydrogens (tertiary/aromatic N) is 1. The summed E-state index contributed by atoms with van der Waals surface area (Å²) < 4.78 is 60.5. The molecule has 114 valence electrons. The van der Waals surface area contributed by atoms with E-state index in [1.807, 2.05) is 0 Å². The molecule has 0 atom stereocenters. The van der Waals surface area contributed by atoms with Crippen LogP contribution in [0.2, 0.25) is 5.02 Å². The molecule has 1 aromatic carbocycles. The van der Waals surface area contributed by atoms with Crippen molar-refractivity contribution in [1.29, 1.82) is 0 Å². The van der Waals surface area contributed by atoms with E-state index in [0.717, 1.165) is 22.7 Å². The lowest BCUT2D eigenvalue weighted by molar-refractivity contribution is 0.484. The average Bonchev–Trinajstić information content (AvgIpc) is 2.29. The predicted molar refractivity (Wildman–Crippen MR) is 75.3 cm³/mol. The number of anilines is 1. The molecular formula is C10H14ClFN2O4S2. The van der Waals surface area contributed by atoms with E-state index in [4.69, 9.17) is 17.3 Å². The van der Waals surface area contributed by atoms with Crippen LogP contribution in [0.5, 0.6) is 0 Å². The first-order valence-corrected chi connectivity index (χ1v) is 9.21. The summed E-state index contributed by atoms with van der Waals surface area (Å²) >= 11 is 5.70. The molecule has 0 fully saturated rings. The fraction of sp³-hybridized carbons (Fsp3) is 0.400. The van der Waals surface area contributed by atoms with Crippen molar-refractivity contribution in [2.45, 2.75) is 4.90 Å². The third-order valence-corrected chi connectivity index (χ3v) is 5.76. The third kappa shape index (κ3) is 4.05. The second-order valence-electron chi connectivity index (χ2n) is 4.26. The molecule has 1 rings (SSSR count). The van der Waals surface area contributed by atoms with Crippen LogP contribution >= 0.6 is 11.6 Å². The molecule has 0 spiro atoms. The van der Waals surface area contributed by atoms with E-state index in [0.29, 0.717) is 0 Å². The van der Waals surface area contributed by atoms with Crippen LogP contribution in [0.4, 0.5) is 10.1 Å². The van der Waals surface area contributed by atoms with Crippen molar-refractivity contribution in [3.63, 3.8) is 0 Å². The molecule has 0 radical (unpaired) electrons. The summed E-state index contributed by atoms with van der Waals surface area (Å²) in [5.74, 6) is -1.16. The Morgan fingerprint density at radius 3 is 2.35 bits per heavy atom.